The maximum Gasteiger partial charge on any atom is 0.192 e. The minimum absolute atomic E-state index is 0.102. The minimum atomic E-state index is -1.97. The molecule has 3 heterocycles. The fourth-order valence-electron chi connectivity index (χ4n) is 4.72. The zero-order chi connectivity index (χ0) is 27.0. The molecule has 3 aromatic rings. The van der Waals surface area contributed by atoms with Gasteiger partial charge >= 0.3 is 0 Å². The van der Waals surface area contributed by atoms with E-state index in [2.05, 4.69) is 63.0 Å². The van der Waals surface area contributed by atoms with Gasteiger partial charge in [0.25, 0.3) is 0 Å². The van der Waals surface area contributed by atoms with E-state index in [0.29, 0.717) is 28.9 Å². The number of halogens is 1. The van der Waals surface area contributed by atoms with Gasteiger partial charge in [0.05, 0.1) is 28.4 Å². The fourth-order valence-corrected chi connectivity index (χ4v) is 5.86. The summed E-state index contributed by atoms with van der Waals surface area (Å²) in [6, 6.07) is 5.80. The van der Waals surface area contributed by atoms with Gasteiger partial charge in [-0.1, -0.05) is 58.7 Å². The number of hydrogen-bond acceptors (Lipinski definition) is 5. The van der Waals surface area contributed by atoms with Crippen LogP contribution >= 0.6 is 11.6 Å². The van der Waals surface area contributed by atoms with Crippen LogP contribution in [0.4, 0.5) is 0 Å². The summed E-state index contributed by atoms with van der Waals surface area (Å²) in [6.07, 6.45) is 8.19. The van der Waals surface area contributed by atoms with Crippen molar-refractivity contribution in [3.05, 3.63) is 47.6 Å². The highest BCUT2D eigenvalue weighted by molar-refractivity contribution is 6.74. The van der Waals surface area contributed by atoms with Gasteiger partial charge in [0.15, 0.2) is 8.32 Å². The SMILES string of the molecule is C=C(CO[Si](C)(C)C(C)(C)C)c1nc2cc(C#N)nc(-c3cncc(Cl)c3)c2n1CC1CCC(C)CC1. The van der Waals surface area contributed by atoms with Gasteiger partial charge in [0, 0.05) is 36.1 Å². The maximum atomic E-state index is 9.72. The molecule has 196 valence electrons. The molecule has 0 aliphatic heterocycles. The average molecular weight is 536 g/mol. The molecule has 0 aromatic carbocycles. The summed E-state index contributed by atoms with van der Waals surface area (Å²) in [4.78, 5) is 14.0. The molecule has 1 fully saturated rings. The van der Waals surface area contributed by atoms with Crippen molar-refractivity contribution in [2.45, 2.75) is 78.1 Å². The van der Waals surface area contributed by atoms with Crippen molar-refractivity contribution in [3.8, 4) is 17.3 Å². The van der Waals surface area contributed by atoms with Crippen molar-refractivity contribution in [2.75, 3.05) is 6.61 Å². The summed E-state index contributed by atoms with van der Waals surface area (Å²) in [5, 5.41) is 10.3. The summed E-state index contributed by atoms with van der Waals surface area (Å²) >= 11 is 6.30. The van der Waals surface area contributed by atoms with Crippen molar-refractivity contribution >= 4 is 36.5 Å². The second-order valence-corrected chi connectivity index (χ2v) is 17.3. The molecule has 0 bridgehead atoms. The zero-order valence-corrected chi connectivity index (χ0v) is 24.7. The molecule has 1 aliphatic rings. The molecule has 1 saturated carbocycles. The van der Waals surface area contributed by atoms with Crippen molar-refractivity contribution in [3.63, 3.8) is 0 Å². The molecule has 4 rings (SSSR count). The first-order valence-corrected chi connectivity index (χ1v) is 16.4. The third-order valence-electron chi connectivity index (χ3n) is 8.12. The first-order valence-electron chi connectivity index (χ1n) is 13.1. The minimum Gasteiger partial charge on any atom is -0.412 e. The molecule has 0 radical (unpaired) electrons. The van der Waals surface area contributed by atoms with E-state index in [0.717, 1.165) is 40.5 Å². The van der Waals surface area contributed by atoms with Gasteiger partial charge in [-0.25, -0.2) is 9.97 Å². The summed E-state index contributed by atoms with van der Waals surface area (Å²) in [5.74, 6) is 2.12. The van der Waals surface area contributed by atoms with Crippen LogP contribution < -0.4 is 0 Å². The lowest BCUT2D eigenvalue weighted by atomic mass is 9.83. The Kier molecular flexibility index (Phi) is 7.94. The normalized spacial score (nSPS) is 18.6. The summed E-state index contributed by atoms with van der Waals surface area (Å²) in [6.45, 7) is 19.2. The third-order valence-corrected chi connectivity index (χ3v) is 12.8. The number of fused-ring (bicyclic) bond motifs is 1. The number of nitriles is 1. The molecule has 0 N–H and O–H groups in total. The van der Waals surface area contributed by atoms with Gasteiger partial charge in [-0.2, -0.15) is 5.26 Å². The largest absolute Gasteiger partial charge is 0.412 e. The number of hydrogen-bond donors (Lipinski definition) is 0. The molecular formula is C29H38ClN5OSi. The molecule has 0 atom stereocenters. The van der Waals surface area contributed by atoms with E-state index >= 15 is 0 Å². The average Bonchev–Trinajstić information content (AvgIpc) is 3.20. The number of aromatic nitrogens is 4. The Morgan fingerprint density at radius 2 is 1.89 bits per heavy atom. The lowest BCUT2D eigenvalue weighted by molar-refractivity contribution is 0.265. The molecule has 3 aromatic heterocycles. The quantitative estimate of drug-likeness (QED) is 0.287. The van der Waals surface area contributed by atoms with E-state index < -0.39 is 8.32 Å². The van der Waals surface area contributed by atoms with Crippen LogP contribution in [-0.4, -0.2) is 34.4 Å². The predicted octanol–water partition coefficient (Wildman–Crippen LogP) is 7.88. The maximum absolute atomic E-state index is 9.72. The van der Waals surface area contributed by atoms with Crippen molar-refractivity contribution in [1.82, 2.24) is 19.5 Å². The second kappa shape index (κ2) is 10.7. The highest BCUT2D eigenvalue weighted by atomic mass is 35.5. The third kappa shape index (κ3) is 5.98. The van der Waals surface area contributed by atoms with Gasteiger partial charge in [-0.3, -0.25) is 4.98 Å². The lowest BCUT2D eigenvalue weighted by Crippen LogP contribution is -2.41. The topological polar surface area (TPSA) is 76.6 Å². The van der Waals surface area contributed by atoms with Crippen LogP contribution in [0, 0.1) is 23.2 Å². The smallest absolute Gasteiger partial charge is 0.192 e. The highest BCUT2D eigenvalue weighted by Crippen LogP contribution is 2.38. The van der Waals surface area contributed by atoms with Crippen LogP contribution in [0.5, 0.6) is 0 Å². The van der Waals surface area contributed by atoms with Gasteiger partial charge < -0.3 is 8.99 Å². The standard InChI is InChI=1S/C29H38ClN5OSi/c1-19-8-10-21(11-9-19)17-35-27-25(34-28(35)20(2)18-36-37(6,7)29(3,4)5)13-24(14-31)33-26(27)22-12-23(30)16-32-15-22/h12-13,15-16,19,21H,2,8-11,17-18H2,1,3-7H3. The molecule has 0 unspecified atom stereocenters. The van der Waals surface area contributed by atoms with Gasteiger partial charge in [0.2, 0.25) is 0 Å². The molecule has 0 amide bonds. The van der Waals surface area contributed by atoms with E-state index in [9.17, 15) is 5.26 Å². The van der Waals surface area contributed by atoms with Crippen LogP contribution in [0.2, 0.25) is 23.2 Å². The second-order valence-electron chi connectivity index (χ2n) is 12.1. The first-order chi connectivity index (χ1) is 17.4. The van der Waals surface area contributed by atoms with Crippen LogP contribution in [0.15, 0.2) is 31.1 Å². The number of rotatable bonds is 7. The van der Waals surface area contributed by atoms with Crippen molar-refractivity contribution in [1.29, 1.82) is 5.26 Å². The Balaban J connectivity index is 1.83. The zero-order valence-electron chi connectivity index (χ0n) is 22.9. The summed E-state index contributed by atoms with van der Waals surface area (Å²) < 4.78 is 8.79. The Bertz CT molecular complexity index is 1340. The van der Waals surface area contributed by atoms with E-state index in [-0.39, 0.29) is 5.04 Å². The molecule has 37 heavy (non-hydrogen) atoms. The number of nitrogens with zero attached hydrogens (tertiary/aromatic N) is 5. The molecule has 0 spiro atoms. The lowest BCUT2D eigenvalue weighted by Gasteiger charge is -2.36. The van der Waals surface area contributed by atoms with E-state index in [1.54, 1.807) is 18.5 Å². The Morgan fingerprint density at radius 1 is 1.19 bits per heavy atom. The molecule has 8 heteroatoms. The van der Waals surface area contributed by atoms with Gasteiger partial charge in [-0.15, -0.1) is 0 Å². The molecule has 0 saturated heterocycles. The van der Waals surface area contributed by atoms with Crippen LogP contribution in [0.25, 0.3) is 27.9 Å². The van der Waals surface area contributed by atoms with Crippen molar-refractivity contribution < 1.29 is 4.43 Å². The Hall–Kier alpha value is -2.53. The van der Waals surface area contributed by atoms with Crippen molar-refractivity contribution in [2.24, 2.45) is 11.8 Å². The molecule has 6 nitrogen and oxygen atoms in total. The first kappa shape index (κ1) is 27.5. The number of pyridine rings is 2. The summed E-state index contributed by atoms with van der Waals surface area (Å²) in [7, 11) is -1.97. The van der Waals surface area contributed by atoms with Gasteiger partial charge in [-0.05, 0) is 48.9 Å². The Morgan fingerprint density at radius 3 is 2.51 bits per heavy atom. The predicted molar refractivity (Wildman–Crippen MR) is 154 cm³/mol. The van der Waals surface area contributed by atoms with Crippen LogP contribution in [-0.2, 0) is 11.0 Å². The highest BCUT2D eigenvalue weighted by Gasteiger charge is 2.37. The van der Waals surface area contributed by atoms with Crippen LogP contribution in [0.1, 0.15) is 64.9 Å². The van der Waals surface area contributed by atoms with E-state index in [4.69, 9.17) is 26.0 Å². The Labute approximate surface area is 226 Å². The number of imidazole rings is 1. The monoisotopic (exact) mass is 535 g/mol. The van der Waals surface area contributed by atoms with E-state index in [1.807, 2.05) is 6.07 Å². The molecule has 1 aliphatic carbocycles. The fraction of sp³-hybridized carbons (Fsp3) is 0.517. The van der Waals surface area contributed by atoms with E-state index in [1.165, 1.54) is 25.7 Å². The van der Waals surface area contributed by atoms with Crippen LogP contribution in [0.3, 0.4) is 0 Å². The molecular weight excluding hydrogens is 498 g/mol. The summed E-state index contributed by atoms with van der Waals surface area (Å²) in [5.41, 5.74) is 4.22. The van der Waals surface area contributed by atoms with Gasteiger partial charge in [0.1, 0.15) is 17.6 Å².